The molecule has 8 nitrogen and oxygen atoms in total. The van der Waals surface area contributed by atoms with Crippen molar-refractivity contribution in [2.45, 2.75) is 38.6 Å². The SMILES string of the molecule is COc1ccc(-c2c(C)c(C(=O)NN3CCCCC3CC(N)=O)nn2-c2ccc(Cl)cc2Cl)cc1. The van der Waals surface area contributed by atoms with Crippen molar-refractivity contribution in [3.05, 3.63) is 63.8 Å². The third kappa shape index (κ3) is 5.45. The first-order valence-electron chi connectivity index (χ1n) is 11.3. The zero-order valence-corrected chi connectivity index (χ0v) is 21.1. The first kappa shape index (κ1) is 25.0. The second kappa shape index (κ2) is 10.7. The molecule has 1 aromatic heterocycles. The van der Waals surface area contributed by atoms with Crippen LogP contribution in [0.1, 0.15) is 41.7 Å². The van der Waals surface area contributed by atoms with E-state index in [4.69, 9.17) is 33.7 Å². The molecule has 0 spiro atoms. The van der Waals surface area contributed by atoms with E-state index in [-0.39, 0.29) is 24.1 Å². The van der Waals surface area contributed by atoms with Gasteiger partial charge >= 0.3 is 0 Å². The number of amides is 2. The van der Waals surface area contributed by atoms with E-state index in [0.29, 0.717) is 39.3 Å². The quantitative estimate of drug-likeness (QED) is 0.480. The lowest BCUT2D eigenvalue weighted by molar-refractivity contribution is -0.119. The highest BCUT2D eigenvalue weighted by Crippen LogP contribution is 2.33. The maximum atomic E-state index is 13.4. The highest BCUT2D eigenvalue weighted by molar-refractivity contribution is 6.35. The van der Waals surface area contributed by atoms with Gasteiger partial charge in [-0.2, -0.15) is 5.10 Å². The van der Waals surface area contributed by atoms with Gasteiger partial charge in [0.15, 0.2) is 5.69 Å². The summed E-state index contributed by atoms with van der Waals surface area (Å²) in [7, 11) is 1.60. The minimum Gasteiger partial charge on any atom is -0.497 e. The molecule has 1 atom stereocenters. The highest BCUT2D eigenvalue weighted by Gasteiger charge is 2.29. The number of piperidine rings is 1. The molecule has 1 fully saturated rings. The van der Waals surface area contributed by atoms with Crippen LogP contribution >= 0.6 is 23.2 Å². The van der Waals surface area contributed by atoms with E-state index < -0.39 is 5.91 Å². The van der Waals surface area contributed by atoms with E-state index in [9.17, 15) is 9.59 Å². The Labute approximate surface area is 213 Å². The second-order valence-corrected chi connectivity index (χ2v) is 9.36. The summed E-state index contributed by atoms with van der Waals surface area (Å²) in [5.41, 5.74) is 11.5. The number of nitrogens with one attached hydrogen (secondary N) is 1. The zero-order valence-electron chi connectivity index (χ0n) is 19.6. The number of hydrogen-bond donors (Lipinski definition) is 2. The summed E-state index contributed by atoms with van der Waals surface area (Å²) in [6.07, 6.45) is 2.87. The molecule has 1 unspecified atom stereocenters. The summed E-state index contributed by atoms with van der Waals surface area (Å²) in [6, 6.07) is 12.5. The summed E-state index contributed by atoms with van der Waals surface area (Å²) >= 11 is 12.6. The Morgan fingerprint density at radius 3 is 2.57 bits per heavy atom. The zero-order chi connectivity index (χ0) is 25.1. The number of methoxy groups -OCH3 is 1. The summed E-state index contributed by atoms with van der Waals surface area (Å²) in [5, 5.41) is 7.37. The predicted octanol–water partition coefficient (Wildman–Crippen LogP) is 4.54. The van der Waals surface area contributed by atoms with E-state index in [1.54, 1.807) is 35.0 Å². The summed E-state index contributed by atoms with van der Waals surface area (Å²) in [4.78, 5) is 24.9. The second-order valence-electron chi connectivity index (χ2n) is 8.51. The Balaban J connectivity index is 1.75. The van der Waals surface area contributed by atoms with Crippen LogP contribution in [0.25, 0.3) is 16.9 Å². The molecule has 3 N–H and O–H groups in total. The van der Waals surface area contributed by atoms with Crippen LogP contribution in [0.3, 0.4) is 0 Å². The van der Waals surface area contributed by atoms with Crippen LogP contribution in [0.2, 0.25) is 10.0 Å². The van der Waals surface area contributed by atoms with Crippen molar-refractivity contribution in [1.29, 1.82) is 0 Å². The Bertz CT molecular complexity index is 1240. The molecule has 2 heterocycles. The first-order chi connectivity index (χ1) is 16.8. The fraction of sp³-hybridized carbons (Fsp3) is 0.320. The van der Waals surface area contributed by atoms with Gasteiger partial charge in [-0.25, -0.2) is 9.69 Å². The average molecular weight is 516 g/mol. The molecule has 2 amide bonds. The molecular weight excluding hydrogens is 489 g/mol. The van der Waals surface area contributed by atoms with Gasteiger partial charge in [0.1, 0.15) is 5.75 Å². The molecule has 35 heavy (non-hydrogen) atoms. The number of aromatic nitrogens is 2. The molecule has 0 aliphatic carbocycles. The van der Waals surface area contributed by atoms with Crippen molar-refractivity contribution >= 4 is 35.0 Å². The van der Waals surface area contributed by atoms with Crippen molar-refractivity contribution in [2.24, 2.45) is 5.73 Å². The topological polar surface area (TPSA) is 102 Å². The van der Waals surface area contributed by atoms with Gasteiger partial charge in [0.2, 0.25) is 5.91 Å². The molecule has 3 aromatic rings. The van der Waals surface area contributed by atoms with Crippen LogP contribution in [0.4, 0.5) is 0 Å². The first-order valence-corrected chi connectivity index (χ1v) is 12.1. The number of nitrogens with zero attached hydrogens (tertiary/aromatic N) is 3. The van der Waals surface area contributed by atoms with Gasteiger partial charge < -0.3 is 10.5 Å². The van der Waals surface area contributed by atoms with E-state index in [1.165, 1.54) is 0 Å². The average Bonchev–Trinajstić information content (AvgIpc) is 3.17. The Kier molecular flexibility index (Phi) is 7.64. The number of carbonyl (C=O) groups is 2. The number of hydrazine groups is 1. The van der Waals surface area contributed by atoms with E-state index >= 15 is 0 Å². The number of hydrogen-bond acceptors (Lipinski definition) is 5. The Morgan fingerprint density at radius 2 is 1.91 bits per heavy atom. The number of nitrogens with two attached hydrogens (primary N) is 1. The molecule has 0 saturated carbocycles. The number of benzene rings is 2. The molecule has 4 rings (SSSR count). The maximum Gasteiger partial charge on any atom is 0.286 e. The number of rotatable bonds is 7. The lowest BCUT2D eigenvalue weighted by Crippen LogP contribution is -2.52. The van der Waals surface area contributed by atoms with Gasteiger partial charge in [0.05, 0.1) is 23.5 Å². The molecule has 0 bridgehead atoms. The number of carbonyl (C=O) groups excluding carboxylic acids is 2. The number of ether oxygens (including phenoxy) is 1. The van der Waals surface area contributed by atoms with Crippen molar-refractivity contribution in [2.75, 3.05) is 13.7 Å². The van der Waals surface area contributed by atoms with Gasteiger partial charge in [0.25, 0.3) is 5.91 Å². The van der Waals surface area contributed by atoms with Crippen LogP contribution in [0, 0.1) is 6.92 Å². The van der Waals surface area contributed by atoms with Crippen molar-refractivity contribution in [3.8, 4) is 22.7 Å². The third-order valence-corrected chi connectivity index (χ3v) is 6.69. The molecule has 2 aromatic carbocycles. The molecule has 1 saturated heterocycles. The Hall–Kier alpha value is -3.07. The predicted molar refractivity (Wildman–Crippen MR) is 136 cm³/mol. The molecule has 1 aliphatic rings. The van der Waals surface area contributed by atoms with E-state index in [1.807, 2.05) is 31.2 Å². The van der Waals surface area contributed by atoms with Crippen molar-refractivity contribution < 1.29 is 14.3 Å². The fourth-order valence-corrected chi connectivity index (χ4v) is 4.89. The van der Waals surface area contributed by atoms with E-state index in [2.05, 4.69) is 10.5 Å². The van der Waals surface area contributed by atoms with Crippen LogP contribution in [0.5, 0.6) is 5.75 Å². The minimum absolute atomic E-state index is 0.139. The smallest absolute Gasteiger partial charge is 0.286 e. The molecular formula is C25H27Cl2N5O3. The summed E-state index contributed by atoms with van der Waals surface area (Å²) in [6.45, 7) is 2.48. The third-order valence-electron chi connectivity index (χ3n) is 6.15. The molecule has 184 valence electrons. The lowest BCUT2D eigenvalue weighted by atomic mass is 10.0. The van der Waals surface area contributed by atoms with Crippen LogP contribution in [-0.2, 0) is 4.79 Å². The largest absolute Gasteiger partial charge is 0.497 e. The number of primary amides is 1. The van der Waals surface area contributed by atoms with Crippen LogP contribution in [0.15, 0.2) is 42.5 Å². The summed E-state index contributed by atoms with van der Waals surface area (Å²) in [5.74, 6) is -0.0428. The highest BCUT2D eigenvalue weighted by atomic mass is 35.5. The van der Waals surface area contributed by atoms with Gasteiger partial charge in [-0.1, -0.05) is 29.6 Å². The van der Waals surface area contributed by atoms with Gasteiger partial charge in [-0.15, -0.1) is 0 Å². The maximum absolute atomic E-state index is 13.4. The lowest BCUT2D eigenvalue weighted by Gasteiger charge is -2.34. The fourth-order valence-electron chi connectivity index (χ4n) is 4.40. The van der Waals surface area contributed by atoms with Gasteiger partial charge in [0, 0.05) is 35.2 Å². The normalized spacial score (nSPS) is 16.2. The minimum atomic E-state index is -0.393. The summed E-state index contributed by atoms with van der Waals surface area (Å²) < 4.78 is 6.94. The van der Waals surface area contributed by atoms with Gasteiger partial charge in [-0.3, -0.25) is 15.0 Å². The Morgan fingerprint density at radius 1 is 1.17 bits per heavy atom. The van der Waals surface area contributed by atoms with Crippen LogP contribution in [-0.4, -0.2) is 46.3 Å². The van der Waals surface area contributed by atoms with Crippen LogP contribution < -0.4 is 15.9 Å². The van der Waals surface area contributed by atoms with Crippen molar-refractivity contribution in [3.63, 3.8) is 0 Å². The molecule has 0 radical (unpaired) electrons. The van der Waals surface area contributed by atoms with E-state index in [0.717, 1.165) is 24.8 Å². The standard InChI is InChI=1S/C25H27Cl2N5O3/c1-15-23(25(34)30-31-12-4-3-5-18(31)14-22(28)33)29-32(21-11-8-17(26)13-20(21)27)24(15)16-6-9-19(35-2)10-7-16/h6-11,13,18H,3-5,12,14H2,1-2H3,(H2,28,33)(H,30,34). The molecule has 10 heteroatoms. The number of halogens is 2. The monoisotopic (exact) mass is 515 g/mol. The van der Waals surface area contributed by atoms with Gasteiger partial charge in [-0.05, 0) is 62.2 Å². The van der Waals surface area contributed by atoms with Crippen molar-refractivity contribution in [1.82, 2.24) is 20.2 Å². The molecule has 1 aliphatic heterocycles.